The largest absolute Gasteiger partial charge is 0.425 e. The lowest BCUT2D eigenvalue weighted by atomic mass is 9.84. The molecule has 31 heavy (non-hydrogen) atoms. The average Bonchev–Trinajstić information content (AvgIpc) is 3.21. The summed E-state index contributed by atoms with van der Waals surface area (Å²) in [6, 6.07) is 25.0. The van der Waals surface area contributed by atoms with E-state index in [4.69, 9.17) is 0 Å². The number of hydrogen-bond donors (Lipinski definition) is 1. The standard InChI is InChI=1S/C25H17F3N2O/c26-25(27,28)24(31,20-11-10-17-6-4-5-7-18(17)14-20)21-12-13-23-19(15-21)16-29-30(23)22-8-2-1-3-9-22/h1-16,31H. The number of aromatic nitrogens is 2. The zero-order valence-corrected chi connectivity index (χ0v) is 16.2. The van der Waals surface area contributed by atoms with Gasteiger partial charge in [0.05, 0.1) is 17.4 Å². The van der Waals surface area contributed by atoms with Crippen molar-refractivity contribution in [2.24, 2.45) is 0 Å². The van der Waals surface area contributed by atoms with Gasteiger partial charge in [-0.3, -0.25) is 0 Å². The SMILES string of the molecule is OC(c1ccc2ccccc2c1)(c1ccc2c(cnn2-c2ccccc2)c1)C(F)(F)F. The summed E-state index contributed by atoms with van der Waals surface area (Å²) in [5.74, 6) is 0. The van der Waals surface area contributed by atoms with Crippen LogP contribution in [0.3, 0.4) is 0 Å². The number of benzene rings is 4. The Balaban J connectivity index is 1.68. The fourth-order valence-electron chi connectivity index (χ4n) is 3.94. The van der Waals surface area contributed by atoms with Crippen LogP contribution in [0.1, 0.15) is 11.1 Å². The normalized spacial score (nSPS) is 14.1. The molecule has 6 heteroatoms. The lowest BCUT2D eigenvalue weighted by Crippen LogP contribution is -2.43. The van der Waals surface area contributed by atoms with Crippen LogP contribution in [0.2, 0.25) is 0 Å². The van der Waals surface area contributed by atoms with Crippen molar-refractivity contribution in [3.8, 4) is 5.69 Å². The summed E-state index contributed by atoms with van der Waals surface area (Å²) in [6.07, 6.45) is -3.42. The predicted octanol–water partition coefficient (Wildman–Crippen LogP) is 5.98. The number of halogens is 3. The molecule has 0 aliphatic heterocycles. The molecule has 0 fully saturated rings. The molecule has 0 saturated carbocycles. The van der Waals surface area contributed by atoms with E-state index in [-0.39, 0.29) is 11.1 Å². The molecule has 3 nitrogen and oxygen atoms in total. The van der Waals surface area contributed by atoms with E-state index in [9.17, 15) is 18.3 Å². The number of alkyl halides is 3. The number of fused-ring (bicyclic) bond motifs is 2. The molecule has 0 bridgehead atoms. The van der Waals surface area contributed by atoms with Gasteiger partial charge in [0.15, 0.2) is 0 Å². The van der Waals surface area contributed by atoms with Crippen molar-refractivity contribution >= 4 is 21.7 Å². The number of nitrogens with zero attached hydrogens (tertiary/aromatic N) is 2. The summed E-state index contributed by atoms with van der Waals surface area (Å²) in [7, 11) is 0. The first-order valence-electron chi connectivity index (χ1n) is 9.70. The van der Waals surface area contributed by atoms with Crippen molar-refractivity contribution in [1.82, 2.24) is 9.78 Å². The molecule has 5 aromatic rings. The summed E-state index contributed by atoms with van der Waals surface area (Å²) >= 11 is 0. The number of para-hydroxylation sites is 1. The highest BCUT2D eigenvalue weighted by Crippen LogP contribution is 2.45. The topological polar surface area (TPSA) is 38.1 Å². The molecule has 0 saturated heterocycles. The van der Waals surface area contributed by atoms with Crippen LogP contribution in [0.4, 0.5) is 13.2 Å². The number of rotatable bonds is 3. The van der Waals surface area contributed by atoms with E-state index in [1.807, 2.05) is 42.5 Å². The van der Waals surface area contributed by atoms with Crippen LogP contribution in [0, 0.1) is 0 Å². The molecular formula is C25H17F3N2O. The van der Waals surface area contributed by atoms with E-state index in [1.54, 1.807) is 28.9 Å². The summed E-state index contributed by atoms with van der Waals surface area (Å²) in [6.45, 7) is 0. The van der Waals surface area contributed by atoms with Gasteiger partial charge in [0.1, 0.15) is 0 Å². The Hall–Kier alpha value is -3.64. The molecule has 1 N–H and O–H groups in total. The number of aliphatic hydroxyl groups is 1. The predicted molar refractivity (Wildman–Crippen MR) is 114 cm³/mol. The van der Waals surface area contributed by atoms with Gasteiger partial charge in [-0.25, -0.2) is 4.68 Å². The monoisotopic (exact) mass is 418 g/mol. The van der Waals surface area contributed by atoms with E-state index in [0.29, 0.717) is 16.3 Å². The molecule has 0 aliphatic rings. The minimum Gasteiger partial charge on any atom is -0.372 e. The summed E-state index contributed by atoms with van der Waals surface area (Å²) in [5.41, 5.74) is -2.19. The summed E-state index contributed by atoms with van der Waals surface area (Å²) < 4.78 is 44.5. The average molecular weight is 418 g/mol. The Bertz CT molecular complexity index is 1390. The van der Waals surface area contributed by atoms with Gasteiger partial charge < -0.3 is 5.11 Å². The van der Waals surface area contributed by atoms with E-state index >= 15 is 0 Å². The van der Waals surface area contributed by atoms with Crippen molar-refractivity contribution in [2.45, 2.75) is 11.8 Å². The molecule has 1 aromatic heterocycles. The maximum Gasteiger partial charge on any atom is 0.425 e. The molecule has 154 valence electrons. The van der Waals surface area contributed by atoms with Gasteiger partial charge in [-0.2, -0.15) is 18.3 Å². The number of hydrogen-bond acceptors (Lipinski definition) is 2. The second-order valence-corrected chi connectivity index (χ2v) is 7.44. The Morgan fingerprint density at radius 3 is 2.00 bits per heavy atom. The Labute approximate surface area is 176 Å². The minimum absolute atomic E-state index is 0.228. The van der Waals surface area contributed by atoms with Crippen molar-refractivity contribution in [2.75, 3.05) is 0 Å². The van der Waals surface area contributed by atoms with Gasteiger partial charge >= 0.3 is 6.18 Å². The highest BCUT2D eigenvalue weighted by molar-refractivity contribution is 5.84. The van der Waals surface area contributed by atoms with Crippen LogP contribution in [0.15, 0.2) is 97.2 Å². The van der Waals surface area contributed by atoms with Crippen molar-refractivity contribution in [3.05, 3.63) is 108 Å². The third-order valence-electron chi connectivity index (χ3n) is 5.56. The molecule has 1 heterocycles. The molecule has 1 unspecified atom stereocenters. The van der Waals surface area contributed by atoms with Crippen LogP contribution < -0.4 is 0 Å². The zero-order chi connectivity index (χ0) is 21.6. The summed E-state index contributed by atoms with van der Waals surface area (Å²) in [4.78, 5) is 0. The second-order valence-electron chi connectivity index (χ2n) is 7.44. The summed E-state index contributed by atoms with van der Waals surface area (Å²) in [5, 5.41) is 17.3. The Morgan fingerprint density at radius 2 is 1.29 bits per heavy atom. The van der Waals surface area contributed by atoms with Crippen LogP contribution in [-0.4, -0.2) is 21.1 Å². The fraction of sp³-hybridized carbons (Fsp3) is 0.0800. The van der Waals surface area contributed by atoms with Gasteiger partial charge in [-0.15, -0.1) is 0 Å². The van der Waals surface area contributed by atoms with E-state index in [1.165, 1.54) is 30.5 Å². The Morgan fingerprint density at radius 1 is 0.677 bits per heavy atom. The van der Waals surface area contributed by atoms with E-state index in [0.717, 1.165) is 11.1 Å². The molecule has 0 spiro atoms. The van der Waals surface area contributed by atoms with Crippen LogP contribution in [0.25, 0.3) is 27.4 Å². The quantitative estimate of drug-likeness (QED) is 0.392. The van der Waals surface area contributed by atoms with Gasteiger partial charge in [0.25, 0.3) is 0 Å². The van der Waals surface area contributed by atoms with Crippen LogP contribution in [0.5, 0.6) is 0 Å². The van der Waals surface area contributed by atoms with Crippen molar-refractivity contribution < 1.29 is 18.3 Å². The van der Waals surface area contributed by atoms with Gasteiger partial charge in [0, 0.05) is 5.39 Å². The van der Waals surface area contributed by atoms with Crippen LogP contribution in [-0.2, 0) is 5.60 Å². The molecule has 0 amide bonds. The smallest absolute Gasteiger partial charge is 0.372 e. The first kappa shape index (κ1) is 19.3. The molecule has 0 radical (unpaired) electrons. The lowest BCUT2D eigenvalue weighted by Gasteiger charge is -2.32. The van der Waals surface area contributed by atoms with Crippen LogP contribution >= 0.6 is 0 Å². The first-order chi connectivity index (χ1) is 14.9. The molecule has 1 atom stereocenters. The lowest BCUT2D eigenvalue weighted by molar-refractivity contribution is -0.248. The highest BCUT2D eigenvalue weighted by atomic mass is 19.4. The first-order valence-corrected chi connectivity index (χ1v) is 9.70. The molecule has 0 aliphatic carbocycles. The molecule has 4 aromatic carbocycles. The van der Waals surface area contributed by atoms with Gasteiger partial charge in [-0.1, -0.05) is 60.7 Å². The van der Waals surface area contributed by atoms with Crippen molar-refractivity contribution in [1.29, 1.82) is 0 Å². The highest BCUT2D eigenvalue weighted by Gasteiger charge is 2.56. The maximum absolute atomic E-state index is 14.3. The minimum atomic E-state index is -4.92. The fourth-order valence-corrected chi connectivity index (χ4v) is 3.94. The van der Waals surface area contributed by atoms with Crippen molar-refractivity contribution in [3.63, 3.8) is 0 Å². The zero-order valence-electron chi connectivity index (χ0n) is 16.2. The van der Waals surface area contributed by atoms with Gasteiger partial charge in [0.2, 0.25) is 5.60 Å². The maximum atomic E-state index is 14.3. The Kier molecular flexibility index (Phi) is 4.34. The third-order valence-corrected chi connectivity index (χ3v) is 5.56. The van der Waals surface area contributed by atoms with Gasteiger partial charge in [-0.05, 0) is 52.2 Å². The van der Waals surface area contributed by atoms with E-state index < -0.39 is 11.8 Å². The molecule has 5 rings (SSSR count). The van der Waals surface area contributed by atoms with E-state index in [2.05, 4.69) is 5.10 Å². The second kappa shape index (κ2) is 6.96. The third kappa shape index (κ3) is 3.07. The molecular weight excluding hydrogens is 401 g/mol.